The van der Waals surface area contributed by atoms with Gasteiger partial charge >= 0.3 is 6.18 Å². The van der Waals surface area contributed by atoms with E-state index in [2.05, 4.69) is 25.7 Å². The summed E-state index contributed by atoms with van der Waals surface area (Å²) < 4.78 is 39.6. The number of fused-ring (bicyclic) bond motifs is 1. The number of pyridine rings is 2. The van der Waals surface area contributed by atoms with Crippen LogP contribution in [-0.4, -0.2) is 38.7 Å². The third-order valence-electron chi connectivity index (χ3n) is 5.46. The van der Waals surface area contributed by atoms with Crippen molar-refractivity contribution in [2.45, 2.75) is 39.2 Å². The Labute approximate surface area is 188 Å². The average Bonchev–Trinajstić information content (AvgIpc) is 3.19. The molecule has 3 aromatic heterocycles. The molecule has 11 heteroatoms. The van der Waals surface area contributed by atoms with Gasteiger partial charge in [0, 0.05) is 37.6 Å². The summed E-state index contributed by atoms with van der Waals surface area (Å²) in [6, 6.07) is 3.99. The molecular weight excluding hydrogens is 435 g/mol. The van der Waals surface area contributed by atoms with Gasteiger partial charge in [-0.25, -0.2) is 4.98 Å². The Kier molecular flexibility index (Phi) is 5.96. The minimum atomic E-state index is -4.45. The molecule has 8 nitrogen and oxygen atoms in total. The van der Waals surface area contributed by atoms with Crippen LogP contribution in [0.1, 0.15) is 30.7 Å². The summed E-state index contributed by atoms with van der Waals surface area (Å²) in [6.07, 6.45) is 1.88. The number of carbonyl (C=O) groups excluding carboxylic acids is 1. The molecule has 0 bridgehead atoms. The molecule has 174 valence electrons. The molecule has 0 aromatic carbocycles. The van der Waals surface area contributed by atoms with Crippen LogP contribution in [0.25, 0.3) is 0 Å². The van der Waals surface area contributed by atoms with Crippen molar-refractivity contribution in [3.05, 3.63) is 59.8 Å². The second kappa shape index (κ2) is 8.72. The predicted molar refractivity (Wildman–Crippen MR) is 118 cm³/mol. The van der Waals surface area contributed by atoms with Gasteiger partial charge in [0.25, 0.3) is 0 Å². The molecule has 1 aliphatic rings. The Morgan fingerprint density at radius 3 is 2.61 bits per heavy atom. The number of anilines is 3. The molecule has 1 atom stereocenters. The summed E-state index contributed by atoms with van der Waals surface area (Å²) in [4.78, 5) is 22.1. The number of rotatable bonds is 6. The highest BCUT2D eigenvalue weighted by atomic mass is 19.4. The van der Waals surface area contributed by atoms with Gasteiger partial charge in [-0.1, -0.05) is 19.9 Å². The van der Waals surface area contributed by atoms with E-state index in [0.29, 0.717) is 30.2 Å². The van der Waals surface area contributed by atoms with Gasteiger partial charge < -0.3 is 15.5 Å². The summed E-state index contributed by atoms with van der Waals surface area (Å²) >= 11 is 0. The molecule has 0 saturated heterocycles. The predicted octanol–water partition coefficient (Wildman–Crippen LogP) is 3.77. The molecule has 0 saturated carbocycles. The van der Waals surface area contributed by atoms with E-state index in [1.54, 1.807) is 17.1 Å². The Bertz CT molecular complexity index is 1140. The number of amides is 1. The van der Waals surface area contributed by atoms with E-state index in [-0.39, 0.29) is 17.9 Å². The number of hydrogen-bond acceptors (Lipinski definition) is 6. The summed E-state index contributed by atoms with van der Waals surface area (Å²) in [7, 11) is 1.89. The number of nitrogens with one attached hydrogen (secondary N) is 2. The minimum absolute atomic E-state index is 0.0434. The van der Waals surface area contributed by atoms with E-state index in [1.807, 2.05) is 38.1 Å². The van der Waals surface area contributed by atoms with E-state index in [4.69, 9.17) is 0 Å². The van der Waals surface area contributed by atoms with Gasteiger partial charge in [-0.3, -0.25) is 14.5 Å². The average molecular weight is 459 g/mol. The van der Waals surface area contributed by atoms with Crippen LogP contribution in [0.15, 0.2) is 43.0 Å². The van der Waals surface area contributed by atoms with Crippen molar-refractivity contribution in [2.75, 3.05) is 22.6 Å². The van der Waals surface area contributed by atoms with Crippen molar-refractivity contribution < 1.29 is 18.0 Å². The number of hydrogen-bond donors (Lipinski definition) is 2. The number of carbonyl (C=O) groups is 1. The first kappa shape index (κ1) is 22.6. The fourth-order valence-corrected chi connectivity index (χ4v) is 3.86. The van der Waals surface area contributed by atoms with Crippen molar-refractivity contribution in [3.63, 3.8) is 0 Å². The molecular formula is C22H24F3N7O. The summed E-state index contributed by atoms with van der Waals surface area (Å²) in [5.41, 5.74) is 2.14. The SMILES string of the molecule is CC(C)C1C(=O)Nc2cnc(NCc3cnn(Cc4ccc(C(F)(F)F)nc4)c3)cc2N1C. The normalized spacial score (nSPS) is 16.0. The highest BCUT2D eigenvalue weighted by molar-refractivity contribution is 6.03. The maximum absolute atomic E-state index is 12.6. The Hall–Kier alpha value is -3.63. The number of aromatic nitrogens is 4. The molecule has 3 aromatic rings. The van der Waals surface area contributed by atoms with Gasteiger partial charge in [0.1, 0.15) is 17.6 Å². The lowest BCUT2D eigenvalue weighted by atomic mass is 9.99. The summed E-state index contributed by atoms with van der Waals surface area (Å²) in [5.74, 6) is 0.760. The molecule has 4 heterocycles. The summed E-state index contributed by atoms with van der Waals surface area (Å²) in [5, 5.41) is 10.4. The lowest BCUT2D eigenvalue weighted by molar-refractivity contribution is -0.141. The molecule has 4 rings (SSSR count). The van der Waals surface area contributed by atoms with Gasteiger partial charge in [0.15, 0.2) is 0 Å². The monoisotopic (exact) mass is 459 g/mol. The highest BCUT2D eigenvalue weighted by Crippen LogP contribution is 2.34. The largest absolute Gasteiger partial charge is 0.433 e. The molecule has 33 heavy (non-hydrogen) atoms. The molecule has 1 unspecified atom stereocenters. The zero-order chi connectivity index (χ0) is 23.8. The molecule has 0 fully saturated rings. The zero-order valence-corrected chi connectivity index (χ0v) is 18.4. The van der Waals surface area contributed by atoms with Crippen LogP contribution >= 0.6 is 0 Å². The smallest absolute Gasteiger partial charge is 0.366 e. The molecule has 2 N–H and O–H groups in total. The summed E-state index contributed by atoms with van der Waals surface area (Å²) in [6.45, 7) is 4.78. The minimum Gasteiger partial charge on any atom is -0.366 e. The number of likely N-dealkylation sites (N-methyl/N-ethyl adjacent to an activating group) is 1. The van der Waals surface area contributed by atoms with Crippen LogP contribution < -0.4 is 15.5 Å². The maximum atomic E-state index is 12.6. The Balaban J connectivity index is 1.39. The van der Waals surface area contributed by atoms with E-state index in [9.17, 15) is 18.0 Å². The number of nitrogens with zero attached hydrogens (tertiary/aromatic N) is 5. The Morgan fingerprint density at radius 2 is 1.94 bits per heavy atom. The molecule has 0 aliphatic carbocycles. The van der Waals surface area contributed by atoms with Crippen molar-refractivity contribution >= 4 is 23.1 Å². The fraction of sp³-hybridized carbons (Fsp3) is 0.364. The van der Waals surface area contributed by atoms with Crippen molar-refractivity contribution in [2.24, 2.45) is 5.92 Å². The standard InChI is InChI=1S/C22H24F3N7O/c1-13(2)20-21(33)30-16-10-28-19(6-17(16)31(20)3)27-8-15-9-29-32(12-15)11-14-4-5-18(26-7-14)22(23,24)25/h4-7,9-10,12-13,20H,8,11H2,1-3H3,(H,27,28)(H,30,33). The van der Waals surface area contributed by atoms with E-state index in [0.717, 1.165) is 17.3 Å². The zero-order valence-electron chi connectivity index (χ0n) is 18.4. The topological polar surface area (TPSA) is 88.0 Å². The fourth-order valence-electron chi connectivity index (χ4n) is 3.86. The van der Waals surface area contributed by atoms with E-state index in [1.165, 1.54) is 12.3 Å². The van der Waals surface area contributed by atoms with Crippen molar-refractivity contribution in [1.29, 1.82) is 0 Å². The molecule has 0 spiro atoms. The van der Waals surface area contributed by atoms with Crippen molar-refractivity contribution in [1.82, 2.24) is 19.7 Å². The highest BCUT2D eigenvalue weighted by Gasteiger charge is 2.33. The van der Waals surface area contributed by atoms with Crippen LogP contribution in [0.5, 0.6) is 0 Å². The Morgan fingerprint density at radius 1 is 1.15 bits per heavy atom. The van der Waals surface area contributed by atoms with Gasteiger partial charge in [-0.2, -0.15) is 18.3 Å². The van der Waals surface area contributed by atoms with Gasteiger partial charge in [-0.05, 0) is 17.5 Å². The molecule has 1 amide bonds. The van der Waals surface area contributed by atoms with Gasteiger partial charge in [0.2, 0.25) is 5.91 Å². The number of halogens is 3. The number of alkyl halides is 3. The van der Waals surface area contributed by atoms with Crippen LogP contribution in [-0.2, 0) is 24.1 Å². The van der Waals surface area contributed by atoms with Gasteiger partial charge in [-0.15, -0.1) is 0 Å². The van der Waals surface area contributed by atoms with Gasteiger partial charge in [0.05, 0.1) is 30.3 Å². The van der Waals surface area contributed by atoms with Crippen LogP contribution in [0.2, 0.25) is 0 Å². The van der Waals surface area contributed by atoms with Crippen LogP contribution in [0.3, 0.4) is 0 Å². The van der Waals surface area contributed by atoms with Crippen molar-refractivity contribution in [3.8, 4) is 0 Å². The first-order valence-electron chi connectivity index (χ1n) is 10.4. The lowest BCUT2D eigenvalue weighted by Crippen LogP contribution is -2.49. The second-order valence-corrected chi connectivity index (χ2v) is 8.32. The van der Waals surface area contributed by atoms with E-state index < -0.39 is 11.9 Å². The van der Waals surface area contributed by atoms with Crippen LogP contribution in [0, 0.1) is 5.92 Å². The maximum Gasteiger partial charge on any atom is 0.433 e. The lowest BCUT2D eigenvalue weighted by Gasteiger charge is -2.37. The molecule has 0 radical (unpaired) electrons. The third-order valence-corrected chi connectivity index (χ3v) is 5.46. The van der Waals surface area contributed by atoms with Crippen LogP contribution in [0.4, 0.5) is 30.4 Å². The first-order valence-corrected chi connectivity index (χ1v) is 10.4. The van der Waals surface area contributed by atoms with E-state index >= 15 is 0 Å². The quantitative estimate of drug-likeness (QED) is 0.584. The molecule has 1 aliphatic heterocycles. The second-order valence-electron chi connectivity index (χ2n) is 8.32. The first-order chi connectivity index (χ1) is 15.6. The third kappa shape index (κ3) is 4.91.